The molecule has 130 valence electrons. The van der Waals surface area contributed by atoms with Gasteiger partial charge in [0.1, 0.15) is 17.8 Å². The fourth-order valence-corrected chi connectivity index (χ4v) is 3.57. The standard InChI is InChI=1S/C19H25NO4/c1-5-23-18(22)13-11-20(15(21)10-19(2,3)4)16-12-8-6-7-9-14(12)24-17(13)16/h6-9,13,16-17H,5,10-11H2,1-4H3/t13-,16+,17+/m1/s1. The van der Waals surface area contributed by atoms with Gasteiger partial charge >= 0.3 is 5.97 Å². The minimum atomic E-state index is -0.439. The van der Waals surface area contributed by atoms with Crippen molar-refractivity contribution in [2.75, 3.05) is 13.2 Å². The smallest absolute Gasteiger partial charge is 0.314 e. The highest BCUT2D eigenvalue weighted by atomic mass is 16.5. The Morgan fingerprint density at radius 2 is 2.00 bits per heavy atom. The number of likely N-dealkylation sites (tertiary alicyclic amines) is 1. The molecular weight excluding hydrogens is 306 g/mol. The maximum absolute atomic E-state index is 12.9. The summed E-state index contributed by atoms with van der Waals surface area (Å²) in [5.74, 6) is 0.0947. The SMILES string of the molecule is CCOC(=O)[C@@H]1CN(C(=O)CC(C)(C)C)[C@H]2c3ccccc3O[C@@H]12. The van der Waals surface area contributed by atoms with Crippen LogP contribution in [0.1, 0.15) is 45.7 Å². The van der Waals surface area contributed by atoms with E-state index in [1.54, 1.807) is 6.92 Å². The Labute approximate surface area is 142 Å². The van der Waals surface area contributed by atoms with Gasteiger partial charge < -0.3 is 14.4 Å². The Hall–Kier alpha value is -2.04. The number of rotatable bonds is 3. The van der Waals surface area contributed by atoms with E-state index in [9.17, 15) is 9.59 Å². The Balaban J connectivity index is 1.91. The van der Waals surface area contributed by atoms with Crippen LogP contribution in [0.15, 0.2) is 24.3 Å². The largest absolute Gasteiger partial charge is 0.487 e. The molecule has 1 amide bonds. The summed E-state index contributed by atoms with van der Waals surface area (Å²) in [5, 5.41) is 0. The second kappa shape index (κ2) is 6.11. The van der Waals surface area contributed by atoms with E-state index in [4.69, 9.17) is 9.47 Å². The number of benzene rings is 1. The van der Waals surface area contributed by atoms with E-state index >= 15 is 0 Å². The lowest BCUT2D eigenvalue weighted by atomic mass is 9.91. The number of hydrogen-bond acceptors (Lipinski definition) is 4. The quantitative estimate of drug-likeness (QED) is 0.799. The summed E-state index contributed by atoms with van der Waals surface area (Å²) < 4.78 is 11.2. The summed E-state index contributed by atoms with van der Waals surface area (Å²) in [6, 6.07) is 7.51. The van der Waals surface area contributed by atoms with E-state index in [-0.39, 0.29) is 29.4 Å². The summed E-state index contributed by atoms with van der Waals surface area (Å²) >= 11 is 0. The van der Waals surface area contributed by atoms with Crippen LogP contribution in [0, 0.1) is 11.3 Å². The summed E-state index contributed by atoms with van der Waals surface area (Å²) in [6.45, 7) is 8.60. The highest BCUT2D eigenvalue weighted by Crippen LogP contribution is 2.48. The molecule has 0 unspecified atom stereocenters. The predicted octanol–water partition coefficient (Wildman–Crippen LogP) is 2.95. The second-order valence-electron chi connectivity index (χ2n) is 7.71. The number of nitrogens with zero attached hydrogens (tertiary/aromatic N) is 1. The first-order valence-corrected chi connectivity index (χ1v) is 8.53. The van der Waals surface area contributed by atoms with Crippen LogP contribution in [0.4, 0.5) is 0 Å². The van der Waals surface area contributed by atoms with Gasteiger partial charge in [-0.25, -0.2) is 0 Å². The van der Waals surface area contributed by atoms with Crippen molar-refractivity contribution in [1.82, 2.24) is 4.90 Å². The molecule has 5 nitrogen and oxygen atoms in total. The zero-order valence-corrected chi connectivity index (χ0v) is 14.7. The third-order valence-corrected chi connectivity index (χ3v) is 4.53. The third-order valence-electron chi connectivity index (χ3n) is 4.53. The molecule has 0 radical (unpaired) electrons. The highest BCUT2D eigenvalue weighted by Gasteiger charge is 2.54. The van der Waals surface area contributed by atoms with Crippen molar-refractivity contribution < 1.29 is 19.1 Å². The van der Waals surface area contributed by atoms with E-state index in [0.29, 0.717) is 19.6 Å². The minimum Gasteiger partial charge on any atom is -0.487 e. The van der Waals surface area contributed by atoms with E-state index < -0.39 is 5.92 Å². The van der Waals surface area contributed by atoms with Crippen molar-refractivity contribution in [3.05, 3.63) is 29.8 Å². The number of carbonyl (C=O) groups is 2. The van der Waals surface area contributed by atoms with Gasteiger partial charge in [-0.1, -0.05) is 39.0 Å². The Kier molecular flexibility index (Phi) is 4.28. The van der Waals surface area contributed by atoms with E-state index in [1.165, 1.54) is 0 Å². The summed E-state index contributed by atoms with van der Waals surface area (Å²) in [6.07, 6.45) is 0.0823. The van der Waals surface area contributed by atoms with Crippen molar-refractivity contribution in [1.29, 1.82) is 0 Å². The van der Waals surface area contributed by atoms with Gasteiger partial charge in [0.15, 0.2) is 0 Å². The molecule has 1 aromatic rings. The van der Waals surface area contributed by atoms with Gasteiger partial charge in [0.25, 0.3) is 0 Å². The van der Waals surface area contributed by atoms with Crippen molar-refractivity contribution in [2.24, 2.45) is 11.3 Å². The number of amides is 1. The molecule has 3 atom stereocenters. The molecule has 3 rings (SSSR count). The predicted molar refractivity (Wildman–Crippen MR) is 89.5 cm³/mol. The molecule has 1 saturated heterocycles. The summed E-state index contributed by atoms with van der Waals surface area (Å²) in [4.78, 5) is 27.0. The van der Waals surface area contributed by atoms with Crippen LogP contribution >= 0.6 is 0 Å². The maximum atomic E-state index is 12.9. The van der Waals surface area contributed by atoms with Crippen LogP contribution in [-0.4, -0.2) is 36.0 Å². The molecule has 0 spiro atoms. The first-order valence-electron chi connectivity index (χ1n) is 8.53. The lowest BCUT2D eigenvalue weighted by Crippen LogP contribution is -2.34. The van der Waals surface area contributed by atoms with Gasteiger partial charge in [-0.2, -0.15) is 0 Å². The van der Waals surface area contributed by atoms with Crippen LogP contribution in [-0.2, 0) is 14.3 Å². The monoisotopic (exact) mass is 331 g/mol. The molecule has 1 fully saturated rings. The lowest BCUT2D eigenvalue weighted by molar-refractivity contribution is -0.149. The summed E-state index contributed by atoms with van der Waals surface area (Å²) in [7, 11) is 0. The zero-order chi connectivity index (χ0) is 17.5. The number of fused-ring (bicyclic) bond motifs is 3. The topological polar surface area (TPSA) is 55.8 Å². The van der Waals surface area contributed by atoms with Crippen molar-refractivity contribution in [3.63, 3.8) is 0 Å². The number of ether oxygens (including phenoxy) is 2. The van der Waals surface area contributed by atoms with Crippen LogP contribution in [0.2, 0.25) is 0 Å². The average molecular weight is 331 g/mol. The molecule has 0 N–H and O–H groups in total. The van der Waals surface area contributed by atoms with Gasteiger partial charge in [-0.05, 0) is 18.4 Å². The number of carbonyl (C=O) groups excluding carboxylic acids is 2. The molecule has 0 aliphatic carbocycles. The minimum absolute atomic E-state index is 0.0598. The van der Waals surface area contributed by atoms with Crippen LogP contribution < -0.4 is 4.74 Å². The summed E-state index contributed by atoms with van der Waals surface area (Å²) in [5.41, 5.74) is 0.879. The normalized spacial score (nSPS) is 25.0. The molecule has 0 aromatic heterocycles. The van der Waals surface area contributed by atoms with Gasteiger partial charge in [-0.3, -0.25) is 9.59 Å². The third kappa shape index (κ3) is 2.99. The fourth-order valence-electron chi connectivity index (χ4n) is 3.57. The molecule has 1 aromatic carbocycles. The highest BCUT2D eigenvalue weighted by molar-refractivity contribution is 5.81. The molecule has 0 bridgehead atoms. The van der Waals surface area contributed by atoms with Crippen LogP contribution in [0.3, 0.4) is 0 Å². The molecule has 2 heterocycles. The lowest BCUT2D eigenvalue weighted by Gasteiger charge is -2.27. The van der Waals surface area contributed by atoms with E-state index in [2.05, 4.69) is 0 Å². The van der Waals surface area contributed by atoms with Crippen LogP contribution in [0.25, 0.3) is 0 Å². The van der Waals surface area contributed by atoms with Crippen molar-refractivity contribution in [2.45, 2.75) is 46.3 Å². The Morgan fingerprint density at radius 3 is 2.67 bits per heavy atom. The average Bonchev–Trinajstić information content (AvgIpc) is 3.02. The van der Waals surface area contributed by atoms with E-state index in [0.717, 1.165) is 11.3 Å². The molecule has 24 heavy (non-hydrogen) atoms. The molecular formula is C19H25NO4. The second-order valence-corrected chi connectivity index (χ2v) is 7.71. The Morgan fingerprint density at radius 1 is 1.29 bits per heavy atom. The molecule has 5 heteroatoms. The number of para-hydroxylation sites is 1. The number of esters is 1. The van der Waals surface area contributed by atoms with Crippen LogP contribution in [0.5, 0.6) is 5.75 Å². The van der Waals surface area contributed by atoms with Gasteiger partial charge in [0.2, 0.25) is 5.91 Å². The maximum Gasteiger partial charge on any atom is 0.314 e. The molecule has 2 aliphatic heterocycles. The van der Waals surface area contributed by atoms with Crippen molar-refractivity contribution >= 4 is 11.9 Å². The number of hydrogen-bond donors (Lipinski definition) is 0. The zero-order valence-electron chi connectivity index (χ0n) is 14.7. The van der Waals surface area contributed by atoms with Gasteiger partial charge in [0.05, 0.1) is 12.6 Å². The van der Waals surface area contributed by atoms with Gasteiger partial charge in [0, 0.05) is 18.5 Å². The van der Waals surface area contributed by atoms with E-state index in [1.807, 2.05) is 49.9 Å². The van der Waals surface area contributed by atoms with Gasteiger partial charge in [-0.15, -0.1) is 0 Å². The molecule has 2 aliphatic rings. The fraction of sp³-hybridized carbons (Fsp3) is 0.579. The van der Waals surface area contributed by atoms with Crippen molar-refractivity contribution in [3.8, 4) is 5.75 Å². The first kappa shape index (κ1) is 16.8. The molecule has 0 saturated carbocycles. The Bertz CT molecular complexity index is 649. The first-order chi connectivity index (χ1) is 11.3.